The van der Waals surface area contributed by atoms with Crippen LogP contribution in [0.1, 0.15) is 67.9 Å². The van der Waals surface area contributed by atoms with Crippen LogP contribution in [0.25, 0.3) is 23.3 Å². The van der Waals surface area contributed by atoms with Gasteiger partial charge in [0, 0.05) is 23.5 Å². The molecular formula is C50H46N2O8. The molecule has 0 bridgehead atoms. The van der Waals surface area contributed by atoms with Crippen LogP contribution in [0, 0.1) is 13.8 Å². The summed E-state index contributed by atoms with van der Waals surface area (Å²) in [7, 11) is 0. The molecule has 4 N–H and O–H groups in total. The number of hydrogen-bond donors (Lipinski definition) is 2. The third-order valence-corrected chi connectivity index (χ3v) is 8.87. The lowest BCUT2D eigenvalue weighted by Crippen LogP contribution is -2.08. The minimum absolute atomic E-state index is 0.0896. The van der Waals surface area contributed by atoms with Gasteiger partial charge in [0.1, 0.15) is 24.7 Å². The summed E-state index contributed by atoms with van der Waals surface area (Å²) in [6.07, 6.45) is 5.79. The number of rotatable bonds is 13. The van der Waals surface area contributed by atoms with Crippen molar-refractivity contribution in [3.05, 3.63) is 190 Å². The van der Waals surface area contributed by atoms with Gasteiger partial charge in [-0.15, -0.1) is 0 Å². The third-order valence-electron chi connectivity index (χ3n) is 8.87. The maximum Gasteiger partial charge on any atom is 0.343 e. The largest absolute Gasteiger partial charge is 0.458 e. The van der Waals surface area contributed by atoms with Gasteiger partial charge in [-0.05, 0) is 132 Å². The van der Waals surface area contributed by atoms with Gasteiger partial charge in [0.25, 0.3) is 0 Å². The van der Waals surface area contributed by atoms with E-state index < -0.39 is 23.9 Å². The predicted octanol–water partition coefficient (Wildman–Crippen LogP) is 10.1. The van der Waals surface area contributed by atoms with E-state index >= 15 is 0 Å². The van der Waals surface area contributed by atoms with Gasteiger partial charge in [0.15, 0.2) is 0 Å². The van der Waals surface area contributed by atoms with E-state index in [1.54, 1.807) is 121 Å². The first kappa shape index (κ1) is 43.4. The van der Waals surface area contributed by atoms with Crippen molar-refractivity contribution in [3.63, 3.8) is 0 Å². The fourth-order valence-electron chi connectivity index (χ4n) is 5.72. The van der Waals surface area contributed by atoms with Crippen LogP contribution in [-0.2, 0) is 32.3 Å². The van der Waals surface area contributed by atoms with Crippen molar-refractivity contribution in [1.29, 1.82) is 0 Å². The molecule has 0 fully saturated rings. The number of nitrogens with two attached hydrogens (primary N) is 2. The zero-order chi connectivity index (χ0) is 43.0. The lowest BCUT2D eigenvalue weighted by molar-refractivity contribution is -0.139. The molecule has 0 saturated heterocycles. The van der Waals surface area contributed by atoms with E-state index in [1.165, 1.54) is 12.2 Å². The van der Waals surface area contributed by atoms with Gasteiger partial charge in [0.05, 0.1) is 11.1 Å². The van der Waals surface area contributed by atoms with E-state index in [9.17, 15) is 19.2 Å². The Kier molecular flexibility index (Phi) is 15.3. The summed E-state index contributed by atoms with van der Waals surface area (Å²) in [5, 5.41) is 0. The maximum atomic E-state index is 12.8. The van der Waals surface area contributed by atoms with E-state index in [-0.39, 0.29) is 13.2 Å². The van der Waals surface area contributed by atoms with E-state index in [4.69, 9.17) is 30.4 Å². The summed E-state index contributed by atoms with van der Waals surface area (Å²) in [5.41, 5.74) is 20.2. The molecule has 0 radical (unpaired) electrons. The first-order chi connectivity index (χ1) is 29.0. The first-order valence-corrected chi connectivity index (χ1v) is 19.2. The summed E-state index contributed by atoms with van der Waals surface area (Å²) in [6, 6.07) is 38.1. The Bertz CT molecular complexity index is 2310. The van der Waals surface area contributed by atoms with E-state index in [0.29, 0.717) is 67.4 Å². The van der Waals surface area contributed by atoms with E-state index in [2.05, 4.69) is 0 Å². The Morgan fingerprint density at radius 1 is 0.483 bits per heavy atom. The highest BCUT2D eigenvalue weighted by Crippen LogP contribution is 2.31. The molecule has 0 saturated carbocycles. The molecule has 10 heteroatoms. The molecule has 0 unspecified atom stereocenters. The fraction of sp³-hybridized carbons (Fsp3) is 0.120. The SMILES string of the molecule is CC.Cc1ccc(C(=O)Oc2ccc(/C=C/C(=O)OCc3cc(N)ccc3-c3ccc(N)cc3COC(=O)/C=C/c3ccc(OC(=O)c4ccc(C)cc4)cc3)cc2)cc1. The molecule has 0 aliphatic heterocycles. The van der Waals surface area contributed by atoms with Crippen molar-refractivity contribution < 1.29 is 38.1 Å². The normalized spacial score (nSPS) is 10.7. The topological polar surface area (TPSA) is 157 Å². The molecule has 0 aliphatic rings. The molecule has 6 aromatic carbocycles. The van der Waals surface area contributed by atoms with Crippen LogP contribution in [-0.4, -0.2) is 23.9 Å². The smallest absolute Gasteiger partial charge is 0.343 e. The summed E-state index contributed by atoms with van der Waals surface area (Å²) in [6.45, 7) is 7.70. The number of hydrogen-bond acceptors (Lipinski definition) is 10. The maximum absolute atomic E-state index is 12.8. The second-order valence-corrected chi connectivity index (χ2v) is 13.4. The fourth-order valence-corrected chi connectivity index (χ4v) is 5.72. The van der Waals surface area contributed by atoms with E-state index in [1.807, 2.05) is 52.0 Å². The van der Waals surface area contributed by atoms with Crippen LogP contribution in [0.2, 0.25) is 0 Å². The molecule has 0 aromatic heterocycles. The van der Waals surface area contributed by atoms with Gasteiger partial charge in [-0.3, -0.25) is 0 Å². The molecule has 0 atom stereocenters. The van der Waals surface area contributed by atoms with E-state index in [0.717, 1.165) is 11.1 Å². The minimum atomic E-state index is -0.584. The minimum Gasteiger partial charge on any atom is -0.458 e. The molecule has 6 aromatic rings. The van der Waals surface area contributed by atoms with Crippen molar-refractivity contribution in [2.45, 2.75) is 40.9 Å². The van der Waals surface area contributed by atoms with Crippen LogP contribution < -0.4 is 20.9 Å². The van der Waals surface area contributed by atoms with Crippen molar-refractivity contribution in [2.75, 3.05) is 11.5 Å². The number of carbonyl (C=O) groups is 4. The summed E-state index contributed by atoms with van der Waals surface area (Å²) in [4.78, 5) is 50.4. The third kappa shape index (κ3) is 12.6. The molecule has 0 aliphatic carbocycles. The van der Waals surface area contributed by atoms with Crippen molar-refractivity contribution in [2.24, 2.45) is 0 Å². The highest BCUT2D eigenvalue weighted by Gasteiger charge is 2.15. The highest BCUT2D eigenvalue weighted by atomic mass is 16.5. The molecule has 0 amide bonds. The monoisotopic (exact) mass is 802 g/mol. The van der Waals surface area contributed by atoms with Gasteiger partial charge in [-0.2, -0.15) is 0 Å². The Hall–Kier alpha value is -7.72. The quantitative estimate of drug-likeness (QED) is 0.0498. The Morgan fingerprint density at radius 3 is 1.18 bits per heavy atom. The number of ether oxygens (including phenoxy) is 4. The number of esters is 4. The molecule has 60 heavy (non-hydrogen) atoms. The number of aryl methyl sites for hydroxylation is 2. The van der Waals surface area contributed by atoms with Gasteiger partial charge in [-0.25, -0.2) is 19.2 Å². The van der Waals surface area contributed by atoms with Crippen LogP contribution >= 0.6 is 0 Å². The first-order valence-electron chi connectivity index (χ1n) is 19.2. The molecule has 6 rings (SSSR count). The van der Waals surface area contributed by atoms with Crippen LogP contribution in [0.3, 0.4) is 0 Å². The number of carbonyl (C=O) groups excluding carboxylic acids is 4. The second kappa shape index (κ2) is 21.2. The van der Waals surface area contributed by atoms with Gasteiger partial charge >= 0.3 is 23.9 Å². The lowest BCUT2D eigenvalue weighted by atomic mass is 9.95. The summed E-state index contributed by atoms with van der Waals surface area (Å²) < 4.78 is 22.1. The van der Waals surface area contributed by atoms with Crippen LogP contribution in [0.4, 0.5) is 11.4 Å². The van der Waals surface area contributed by atoms with Crippen molar-refractivity contribution in [1.82, 2.24) is 0 Å². The molecule has 0 heterocycles. The number of nitrogen functional groups attached to an aromatic ring is 2. The standard InChI is InChI=1S/C48H40N2O8.C2H6/c1-31-3-13-35(14-4-31)47(53)57-41-19-7-33(8-20-41)11-25-45(51)55-29-37-27-39(49)17-23-43(37)44-24-18-40(50)28-38(44)30-56-46(52)26-12-34-9-21-42(22-10-34)58-48(54)36-15-5-32(2)6-16-36;1-2/h3-28H,29-30,49-50H2,1-2H3;1-2H3/b25-11+,26-12+;. The summed E-state index contributed by atoms with van der Waals surface area (Å²) in [5.74, 6) is -1.36. The Morgan fingerprint density at radius 2 is 0.833 bits per heavy atom. The van der Waals surface area contributed by atoms with Crippen LogP contribution in [0.15, 0.2) is 146 Å². The van der Waals surface area contributed by atoms with Gasteiger partial charge < -0.3 is 30.4 Å². The molecule has 304 valence electrons. The Labute approximate surface area is 349 Å². The zero-order valence-electron chi connectivity index (χ0n) is 33.8. The summed E-state index contributed by atoms with van der Waals surface area (Å²) >= 11 is 0. The van der Waals surface area contributed by atoms with Crippen LogP contribution in [0.5, 0.6) is 11.5 Å². The number of anilines is 2. The van der Waals surface area contributed by atoms with Gasteiger partial charge in [-0.1, -0.05) is 85.6 Å². The lowest BCUT2D eigenvalue weighted by Gasteiger charge is -2.15. The van der Waals surface area contributed by atoms with Gasteiger partial charge in [0.2, 0.25) is 0 Å². The Balaban J connectivity index is 0.00000336. The zero-order valence-corrected chi connectivity index (χ0v) is 33.8. The molecule has 10 nitrogen and oxygen atoms in total. The number of benzene rings is 6. The highest BCUT2D eigenvalue weighted by molar-refractivity contribution is 5.92. The average Bonchev–Trinajstić information content (AvgIpc) is 3.26. The van der Waals surface area contributed by atoms with Crippen molar-refractivity contribution in [3.8, 4) is 22.6 Å². The average molecular weight is 803 g/mol. The second-order valence-electron chi connectivity index (χ2n) is 13.4. The van der Waals surface area contributed by atoms with Crippen molar-refractivity contribution >= 4 is 47.4 Å². The predicted molar refractivity (Wildman–Crippen MR) is 235 cm³/mol. The molecule has 0 spiro atoms. The molecular weight excluding hydrogens is 757 g/mol.